The van der Waals surface area contributed by atoms with Crippen LogP contribution in [-0.4, -0.2) is 49.2 Å². The fraction of sp³-hybridized carbons (Fsp3) is 0.409. The van der Waals surface area contributed by atoms with E-state index >= 15 is 0 Å². The molecule has 1 aliphatic rings. The molecule has 3 rings (SSSR count). The van der Waals surface area contributed by atoms with Gasteiger partial charge in [-0.1, -0.05) is 54.6 Å². The van der Waals surface area contributed by atoms with Crippen LogP contribution in [-0.2, 0) is 17.8 Å². The second-order valence-corrected chi connectivity index (χ2v) is 7.06. The molecule has 0 radical (unpaired) electrons. The maximum Gasteiger partial charge on any atom is 0.317 e. The van der Waals surface area contributed by atoms with Crippen LogP contribution in [0.3, 0.4) is 0 Å². The molecule has 5 nitrogen and oxygen atoms in total. The first kappa shape index (κ1) is 19.4. The van der Waals surface area contributed by atoms with Gasteiger partial charge < -0.3 is 15.0 Å². The molecule has 1 atom stereocenters. The second kappa shape index (κ2) is 9.53. The molecular weight excluding hydrogens is 338 g/mol. The van der Waals surface area contributed by atoms with Gasteiger partial charge in [-0.05, 0) is 23.6 Å². The van der Waals surface area contributed by atoms with Crippen LogP contribution in [0.15, 0.2) is 54.6 Å². The van der Waals surface area contributed by atoms with Crippen LogP contribution in [0.1, 0.15) is 29.7 Å². The van der Waals surface area contributed by atoms with Gasteiger partial charge in [0.15, 0.2) is 0 Å². The SMILES string of the molecule is C[C@H](c1ccccc1)N(C)C(=O)NCc1ccc(CN2CCOCC2)cc1. The van der Waals surface area contributed by atoms with Crippen LogP contribution in [0.2, 0.25) is 0 Å². The monoisotopic (exact) mass is 367 g/mol. The van der Waals surface area contributed by atoms with Crippen LogP contribution in [0.25, 0.3) is 0 Å². The predicted molar refractivity (Wildman–Crippen MR) is 107 cm³/mol. The minimum Gasteiger partial charge on any atom is -0.379 e. The van der Waals surface area contributed by atoms with Gasteiger partial charge in [-0.15, -0.1) is 0 Å². The Balaban J connectivity index is 1.48. The van der Waals surface area contributed by atoms with Crippen molar-refractivity contribution in [2.75, 3.05) is 33.4 Å². The molecule has 0 bridgehead atoms. The summed E-state index contributed by atoms with van der Waals surface area (Å²) in [4.78, 5) is 16.6. The zero-order valence-corrected chi connectivity index (χ0v) is 16.2. The summed E-state index contributed by atoms with van der Waals surface area (Å²) in [6.45, 7) is 7.14. The summed E-state index contributed by atoms with van der Waals surface area (Å²) in [6, 6.07) is 18.5. The Bertz CT molecular complexity index is 712. The van der Waals surface area contributed by atoms with Gasteiger partial charge in [-0.25, -0.2) is 4.79 Å². The fourth-order valence-corrected chi connectivity index (χ4v) is 3.21. The van der Waals surface area contributed by atoms with Gasteiger partial charge in [0.1, 0.15) is 0 Å². The van der Waals surface area contributed by atoms with Crippen LogP contribution in [0.5, 0.6) is 0 Å². The highest BCUT2D eigenvalue weighted by Gasteiger charge is 2.16. The van der Waals surface area contributed by atoms with Gasteiger partial charge in [0.05, 0.1) is 19.3 Å². The summed E-state index contributed by atoms with van der Waals surface area (Å²) < 4.78 is 5.39. The van der Waals surface area contributed by atoms with E-state index in [1.54, 1.807) is 4.90 Å². The molecular formula is C22H29N3O2. The Morgan fingerprint density at radius 2 is 1.70 bits per heavy atom. The average molecular weight is 367 g/mol. The zero-order valence-electron chi connectivity index (χ0n) is 16.2. The van der Waals surface area contributed by atoms with Crippen LogP contribution in [0, 0.1) is 0 Å². The van der Waals surface area contributed by atoms with E-state index in [4.69, 9.17) is 4.74 Å². The predicted octanol–water partition coefficient (Wildman–Crippen LogP) is 3.42. The first-order valence-electron chi connectivity index (χ1n) is 9.57. The number of benzene rings is 2. The number of hydrogen-bond acceptors (Lipinski definition) is 3. The molecule has 27 heavy (non-hydrogen) atoms. The van der Waals surface area contributed by atoms with E-state index in [1.807, 2.05) is 44.3 Å². The number of carbonyl (C=O) groups excluding carboxylic acids is 1. The summed E-state index contributed by atoms with van der Waals surface area (Å²) in [5.41, 5.74) is 3.53. The highest BCUT2D eigenvalue weighted by molar-refractivity contribution is 5.74. The summed E-state index contributed by atoms with van der Waals surface area (Å²) in [6.07, 6.45) is 0. The second-order valence-electron chi connectivity index (χ2n) is 7.06. The van der Waals surface area contributed by atoms with Crippen molar-refractivity contribution in [2.45, 2.75) is 26.1 Å². The molecule has 0 aromatic heterocycles. The van der Waals surface area contributed by atoms with Crippen molar-refractivity contribution in [3.63, 3.8) is 0 Å². The maximum atomic E-state index is 12.5. The minimum absolute atomic E-state index is 0.0297. The van der Waals surface area contributed by atoms with Gasteiger partial charge in [0, 0.05) is 33.2 Å². The highest BCUT2D eigenvalue weighted by Crippen LogP contribution is 2.18. The lowest BCUT2D eigenvalue weighted by Gasteiger charge is -2.26. The lowest BCUT2D eigenvalue weighted by Crippen LogP contribution is -2.38. The third-order valence-corrected chi connectivity index (χ3v) is 5.16. The summed E-state index contributed by atoms with van der Waals surface area (Å²) >= 11 is 0. The molecule has 5 heteroatoms. The first-order chi connectivity index (χ1) is 13.1. The number of hydrogen-bond donors (Lipinski definition) is 1. The molecule has 0 unspecified atom stereocenters. The Morgan fingerprint density at radius 1 is 1.07 bits per heavy atom. The van der Waals surface area contributed by atoms with Crippen molar-refractivity contribution in [3.8, 4) is 0 Å². The van der Waals surface area contributed by atoms with E-state index in [1.165, 1.54) is 5.56 Å². The molecule has 1 aliphatic heterocycles. The molecule has 0 saturated carbocycles. The number of nitrogens with zero attached hydrogens (tertiary/aromatic N) is 2. The average Bonchev–Trinajstić information content (AvgIpc) is 2.73. The van der Waals surface area contributed by atoms with E-state index in [0.29, 0.717) is 6.54 Å². The molecule has 1 N–H and O–H groups in total. The smallest absolute Gasteiger partial charge is 0.317 e. The summed E-state index contributed by atoms with van der Waals surface area (Å²) in [7, 11) is 1.83. The lowest BCUT2D eigenvalue weighted by molar-refractivity contribution is 0.0342. The molecule has 1 saturated heterocycles. The largest absolute Gasteiger partial charge is 0.379 e. The Kier molecular flexibility index (Phi) is 6.85. The van der Waals surface area contributed by atoms with Gasteiger partial charge in [-0.3, -0.25) is 4.90 Å². The molecule has 2 aromatic rings. The van der Waals surface area contributed by atoms with Gasteiger partial charge in [-0.2, -0.15) is 0 Å². The van der Waals surface area contributed by atoms with Crippen molar-refractivity contribution < 1.29 is 9.53 Å². The summed E-state index contributed by atoms with van der Waals surface area (Å²) in [5, 5.41) is 3.01. The zero-order chi connectivity index (χ0) is 19.1. The Hall–Kier alpha value is -2.37. The van der Waals surface area contributed by atoms with Crippen LogP contribution in [0.4, 0.5) is 4.79 Å². The van der Waals surface area contributed by atoms with Crippen molar-refractivity contribution in [1.29, 1.82) is 0 Å². The molecule has 2 aromatic carbocycles. The van der Waals surface area contributed by atoms with Crippen LogP contribution < -0.4 is 5.32 Å². The molecule has 144 valence electrons. The van der Waals surface area contributed by atoms with E-state index in [9.17, 15) is 4.79 Å². The number of morpholine rings is 1. The van der Waals surface area contributed by atoms with Crippen LogP contribution >= 0.6 is 0 Å². The topological polar surface area (TPSA) is 44.8 Å². The lowest BCUT2D eigenvalue weighted by atomic mass is 10.1. The molecule has 2 amide bonds. The number of nitrogens with one attached hydrogen (secondary N) is 1. The fourth-order valence-electron chi connectivity index (χ4n) is 3.21. The van der Waals surface area contributed by atoms with Crippen molar-refractivity contribution in [3.05, 3.63) is 71.3 Å². The van der Waals surface area contributed by atoms with E-state index < -0.39 is 0 Å². The third-order valence-electron chi connectivity index (χ3n) is 5.16. The summed E-state index contributed by atoms with van der Waals surface area (Å²) in [5.74, 6) is 0. The number of carbonyl (C=O) groups is 1. The van der Waals surface area contributed by atoms with Gasteiger partial charge in [0.25, 0.3) is 0 Å². The Labute approximate surface area is 161 Å². The standard InChI is InChI=1S/C22H29N3O2/c1-18(21-6-4-3-5-7-21)24(2)22(26)23-16-19-8-10-20(11-9-19)17-25-12-14-27-15-13-25/h3-11,18H,12-17H2,1-2H3,(H,23,26)/t18-/m1/s1. The number of ether oxygens (including phenoxy) is 1. The van der Waals surface area contributed by atoms with E-state index in [0.717, 1.165) is 44.0 Å². The number of rotatable bonds is 6. The first-order valence-corrected chi connectivity index (χ1v) is 9.57. The quantitative estimate of drug-likeness (QED) is 0.851. The van der Waals surface area contributed by atoms with Crippen molar-refractivity contribution >= 4 is 6.03 Å². The molecule has 0 spiro atoms. The molecule has 1 fully saturated rings. The van der Waals surface area contributed by atoms with Crippen molar-refractivity contribution in [1.82, 2.24) is 15.1 Å². The minimum atomic E-state index is -0.0660. The highest BCUT2D eigenvalue weighted by atomic mass is 16.5. The third kappa shape index (κ3) is 5.55. The number of urea groups is 1. The number of amides is 2. The van der Waals surface area contributed by atoms with Crippen molar-refractivity contribution in [2.24, 2.45) is 0 Å². The Morgan fingerprint density at radius 3 is 2.37 bits per heavy atom. The maximum absolute atomic E-state index is 12.5. The normalized spacial score (nSPS) is 15.9. The van der Waals surface area contributed by atoms with E-state index in [-0.39, 0.29) is 12.1 Å². The van der Waals surface area contributed by atoms with E-state index in [2.05, 4.69) is 34.5 Å². The molecule has 0 aliphatic carbocycles. The van der Waals surface area contributed by atoms with Gasteiger partial charge in [0.2, 0.25) is 0 Å². The molecule has 1 heterocycles. The van der Waals surface area contributed by atoms with Gasteiger partial charge >= 0.3 is 6.03 Å².